The maximum Gasteiger partial charge on any atom is 0.231 e. The maximum atomic E-state index is 6.72. The molecule has 6 heteroatoms. The van der Waals surface area contributed by atoms with Gasteiger partial charge in [-0.15, -0.1) is 0 Å². The van der Waals surface area contributed by atoms with E-state index in [9.17, 15) is 0 Å². The molecule has 5 rings (SSSR count). The van der Waals surface area contributed by atoms with E-state index in [-0.39, 0.29) is 12.8 Å². The van der Waals surface area contributed by atoms with Crippen LogP contribution in [0.25, 0.3) is 0 Å². The van der Waals surface area contributed by atoms with Crippen LogP contribution in [-0.4, -0.2) is 55.9 Å². The Kier molecular flexibility index (Phi) is 6.84. The van der Waals surface area contributed by atoms with Gasteiger partial charge in [0.05, 0.1) is 6.04 Å². The van der Waals surface area contributed by atoms with Crippen molar-refractivity contribution in [3.05, 3.63) is 78.0 Å². The Labute approximate surface area is 196 Å². The third-order valence-corrected chi connectivity index (χ3v) is 6.77. The summed E-state index contributed by atoms with van der Waals surface area (Å²) in [5.74, 6) is 3.20. The molecule has 0 saturated carbocycles. The predicted octanol–water partition coefficient (Wildman–Crippen LogP) is 3.96. The SMILES string of the molecule is NC(C1=CC=CCN1CC1CCN(CCOc2ccccc2)CC1)c1ccc2c(c1)OCO2. The van der Waals surface area contributed by atoms with E-state index < -0.39 is 0 Å². The zero-order chi connectivity index (χ0) is 22.5. The second kappa shape index (κ2) is 10.3. The summed E-state index contributed by atoms with van der Waals surface area (Å²) < 4.78 is 16.9. The van der Waals surface area contributed by atoms with E-state index in [4.69, 9.17) is 19.9 Å². The van der Waals surface area contributed by atoms with E-state index in [0.29, 0.717) is 5.92 Å². The molecular weight excluding hydrogens is 414 g/mol. The number of para-hydroxylation sites is 1. The van der Waals surface area contributed by atoms with E-state index in [1.54, 1.807) is 0 Å². The molecule has 0 amide bonds. The summed E-state index contributed by atoms with van der Waals surface area (Å²) in [5.41, 5.74) is 8.95. The first-order valence-corrected chi connectivity index (χ1v) is 11.9. The summed E-state index contributed by atoms with van der Waals surface area (Å²) in [6, 6.07) is 15.9. The molecule has 3 aliphatic heterocycles. The van der Waals surface area contributed by atoms with Crippen molar-refractivity contribution < 1.29 is 14.2 Å². The smallest absolute Gasteiger partial charge is 0.231 e. The standard InChI is InChI=1S/C27H33N3O3/c28-27(22-9-10-25-26(18-22)33-20-32-25)24-8-4-5-13-30(24)19-21-11-14-29(15-12-21)16-17-31-23-6-2-1-3-7-23/h1-10,18,21,27H,11-17,19-20,28H2. The highest BCUT2D eigenvalue weighted by Gasteiger charge is 2.26. The van der Waals surface area contributed by atoms with Crippen LogP contribution in [0, 0.1) is 5.92 Å². The number of hydrogen-bond donors (Lipinski definition) is 1. The number of nitrogens with zero attached hydrogens (tertiary/aromatic N) is 2. The van der Waals surface area contributed by atoms with E-state index in [1.165, 1.54) is 18.5 Å². The normalized spacial score (nSPS) is 19.4. The molecule has 0 aliphatic carbocycles. The van der Waals surface area contributed by atoms with Crippen molar-refractivity contribution in [1.82, 2.24) is 9.80 Å². The van der Waals surface area contributed by atoms with Gasteiger partial charge in [-0.2, -0.15) is 0 Å². The molecule has 1 fully saturated rings. The lowest BCUT2D eigenvalue weighted by atomic mass is 9.94. The lowest BCUT2D eigenvalue weighted by Gasteiger charge is -2.38. The van der Waals surface area contributed by atoms with Gasteiger partial charge in [0.1, 0.15) is 12.4 Å². The fraction of sp³-hybridized carbons (Fsp3) is 0.407. The summed E-state index contributed by atoms with van der Waals surface area (Å²) in [6.07, 6.45) is 8.91. The van der Waals surface area contributed by atoms with Gasteiger partial charge in [-0.05, 0) is 67.8 Å². The van der Waals surface area contributed by atoms with Crippen LogP contribution in [0.3, 0.4) is 0 Å². The Bertz CT molecular complexity index is 983. The number of hydrogen-bond acceptors (Lipinski definition) is 6. The topological polar surface area (TPSA) is 60.2 Å². The highest BCUT2D eigenvalue weighted by molar-refractivity contribution is 5.47. The number of nitrogens with two attached hydrogens (primary N) is 1. The summed E-state index contributed by atoms with van der Waals surface area (Å²) in [4.78, 5) is 4.97. The second-order valence-corrected chi connectivity index (χ2v) is 8.96. The zero-order valence-electron chi connectivity index (χ0n) is 19.1. The minimum absolute atomic E-state index is 0.181. The van der Waals surface area contributed by atoms with Crippen LogP contribution >= 0.6 is 0 Å². The van der Waals surface area contributed by atoms with Gasteiger partial charge in [-0.3, -0.25) is 4.90 Å². The Morgan fingerprint density at radius 2 is 1.85 bits per heavy atom. The minimum Gasteiger partial charge on any atom is -0.492 e. The van der Waals surface area contributed by atoms with Gasteiger partial charge in [0.15, 0.2) is 11.5 Å². The largest absolute Gasteiger partial charge is 0.492 e. The number of allylic oxidation sites excluding steroid dienone is 2. The van der Waals surface area contributed by atoms with Crippen LogP contribution in [0.1, 0.15) is 24.4 Å². The number of rotatable bonds is 8. The van der Waals surface area contributed by atoms with Crippen LogP contribution in [0.15, 0.2) is 72.5 Å². The Balaban J connectivity index is 1.12. The first kappa shape index (κ1) is 21.9. The maximum absolute atomic E-state index is 6.72. The van der Waals surface area contributed by atoms with E-state index in [2.05, 4.69) is 28.0 Å². The quantitative estimate of drug-likeness (QED) is 0.661. The number of fused-ring (bicyclic) bond motifs is 1. The van der Waals surface area contributed by atoms with Gasteiger partial charge < -0.3 is 24.8 Å². The number of piperidine rings is 1. The molecule has 0 aromatic heterocycles. The lowest BCUT2D eigenvalue weighted by molar-refractivity contribution is 0.138. The van der Waals surface area contributed by atoms with Crippen LogP contribution in [0.2, 0.25) is 0 Å². The van der Waals surface area contributed by atoms with Gasteiger partial charge in [0.2, 0.25) is 6.79 Å². The van der Waals surface area contributed by atoms with Gasteiger partial charge in [0.25, 0.3) is 0 Å². The van der Waals surface area contributed by atoms with Crippen LogP contribution < -0.4 is 19.9 Å². The van der Waals surface area contributed by atoms with Gasteiger partial charge >= 0.3 is 0 Å². The molecule has 174 valence electrons. The van der Waals surface area contributed by atoms with Crippen molar-refractivity contribution in [2.45, 2.75) is 18.9 Å². The molecule has 6 nitrogen and oxygen atoms in total. The van der Waals surface area contributed by atoms with E-state index >= 15 is 0 Å². The molecule has 3 aliphatic rings. The van der Waals surface area contributed by atoms with Crippen LogP contribution in [0.4, 0.5) is 0 Å². The highest BCUT2D eigenvalue weighted by Crippen LogP contribution is 2.36. The molecule has 3 heterocycles. The molecule has 0 bridgehead atoms. The molecule has 0 radical (unpaired) electrons. The average Bonchev–Trinajstić information content (AvgIpc) is 3.34. The van der Waals surface area contributed by atoms with Crippen LogP contribution in [0.5, 0.6) is 17.2 Å². The summed E-state index contributed by atoms with van der Waals surface area (Å²) >= 11 is 0. The molecule has 1 unspecified atom stereocenters. The molecular formula is C27H33N3O3. The van der Waals surface area contributed by atoms with Crippen molar-refractivity contribution in [2.24, 2.45) is 11.7 Å². The fourth-order valence-electron chi connectivity index (χ4n) is 4.84. The number of benzene rings is 2. The average molecular weight is 448 g/mol. The first-order chi connectivity index (χ1) is 16.3. The molecule has 2 N–H and O–H groups in total. The van der Waals surface area contributed by atoms with Crippen molar-refractivity contribution >= 4 is 0 Å². The summed E-state index contributed by atoms with van der Waals surface area (Å²) in [5, 5.41) is 0. The zero-order valence-corrected chi connectivity index (χ0v) is 19.1. The van der Waals surface area contributed by atoms with Crippen molar-refractivity contribution in [3.8, 4) is 17.2 Å². The number of ether oxygens (including phenoxy) is 3. The molecule has 33 heavy (non-hydrogen) atoms. The summed E-state index contributed by atoms with van der Waals surface area (Å²) in [6.45, 7) is 6.21. The Morgan fingerprint density at radius 1 is 1.03 bits per heavy atom. The second-order valence-electron chi connectivity index (χ2n) is 8.96. The Morgan fingerprint density at radius 3 is 2.70 bits per heavy atom. The predicted molar refractivity (Wildman–Crippen MR) is 129 cm³/mol. The first-order valence-electron chi connectivity index (χ1n) is 11.9. The van der Waals surface area contributed by atoms with Gasteiger partial charge in [-0.25, -0.2) is 0 Å². The van der Waals surface area contributed by atoms with E-state index in [0.717, 1.165) is 62.1 Å². The molecule has 2 aromatic rings. The third kappa shape index (κ3) is 5.34. The minimum atomic E-state index is -0.181. The Hall–Kier alpha value is -2.96. The fourth-order valence-corrected chi connectivity index (χ4v) is 4.84. The van der Waals surface area contributed by atoms with Crippen molar-refractivity contribution in [2.75, 3.05) is 46.1 Å². The molecule has 1 atom stereocenters. The molecule has 1 saturated heterocycles. The third-order valence-electron chi connectivity index (χ3n) is 6.77. The van der Waals surface area contributed by atoms with E-state index in [1.807, 2.05) is 48.5 Å². The van der Waals surface area contributed by atoms with Crippen LogP contribution in [-0.2, 0) is 0 Å². The highest BCUT2D eigenvalue weighted by atomic mass is 16.7. The monoisotopic (exact) mass is 447 g/mol. The molecule has 2 aromatic carbocycles. The van der Waals surface area contributed by atoms with Gasteiger partial charge in [0, 0.05) is 25.3 Å². The molecule has 0 spiro atoms. The van der Waals surface area contributed by atoms with Crippen molar-refractivity contribution in [3.63, 3.8) is 0 Å². The number of likely N-dealkylation sites (tertiary alicyclic amines) is 1. The summed E-state index contributed by atoms with van der Waals surface area (Å²) in [7, 11) is 0. The van der Waals surface area contributed by atoms with Crippen molar-refractivity contribution in [1.29, 1.82) is 0 Å². The lowest BCUT2D eigenvalue weighted by Crippen LogP contribution is -2.41. The van der Waals surface area contributed by atoms with Gasteiger partial charge in [-0.1, -0.05) is 36.4 Å².